The lowest BCUT2D eigenvalue weighted by molar-refractivity contribution is -0.113. The van der Waals surface area contributed by atoms with Crippen LogP contribution in [-0.2, 0) is 17.6 Å². The molecule has 0 atom stereocenters. The van der Waals surface area contributed by atoms with Gasteiger partial charge in [-0.15, -0.1) is 22.7 Å². The molecule has 0 saturated carbocycles. The highest BCUT2D eigenvalue weighted by atomic mass is 32.2. The minimum absolute atomic E-state index is 0.111. The number of anilines is 1. The number of nitrogens with zero attached hydrogens (tertiary/aromatic N) is 2. The summed E-state index contributed by atoms with van der Waals surface area (Å²) in [5, 5.41) is 6.34. The number of H-pyrrole nitrogens is 1. The number of methoxy groups -OCH3 is 2. The molecule has 1 aliphatic rings. The number of carbonyl (C=O) groups is 1. The molecule has 1 aliphatic carbocycles. The molecule has 8 nitrogen and oxygen atoms in total. The highest BCUT2D eigenvalue weighted by Gasteiger charge is 2.20. The molecule has 0 spiro atoms. The summed E-state index contributed by atoms with van der Waals surface area (Å²) >= 11 is 4.14. The van der Waals surface area contributed by atoms with Gasteiger partial charge in [0, 0.05) is 21.9 Å². The van der Waals surface area contributed by atoms with Crippen LogP contribution in [-0.4, -0.2) is 40.8 Å². The van der Waals surface area contributed by atoms with Gasteiger partial charge in [-0.05, 0) is 43.4 Å². The third-order valence-electron chi connectivity index (χ3n) is 5.58. The first kappa shape index (κ1) is 22.9. The molecule has 0 bridgehead atoms. The van der Waals surface area contributed by atoms with Crippen LogP contribution in [0.1, 0.15) is 23.3 Å². The predicted molar refractivity (Wildman–Crippen MR) is 137 cm³/mol. The van der Waals surface area contributed by atoms with E-state index in [1.54, 1.807) is 31.6 Å². The van der Waals surface area contributed by atoms with E-state index in [1.807, 2.05) is 17.5 Å². The summed E-state index contributed by atoms with van der Waals surface area (Å²) in [6.07, 6.45) is 4.22. The molecule has 1 aromatic carbocycles. The topological polar surface area (TPSA) is 106 Å². The second-order valence-electron chi connectivity index (χ2n) is 7.70. The molecule has 176 valence electrons. The Bertz CT molecular complexity index is 1430. The van der Waals surface area contributed by atoms with Gasteiger partial charge in [0.25, 0.3) is 5.56 Å². The molecular weight excluding hydrogens is 492 g/mol. The summed E-state index contributed by atoms with van der Waals surface area (Å²) < 4.78 is 10.7. The third-order valence-corrected chi connectivity index (χ3v) is 8.40. The molecule has 2 N–H and O–H groups in total. The lowest BCUT2D eigenvalue weighted by atomic mass is 9.97. The fourth-order valence-electron chi connectivity index (χ4n) is 3.97. The maximum Gasteiger partial charge on any atom is 0.260 e. The molecule has 0 aliphatic heterocycles. The zero-order valence-corrected chi connectivity index (χ0v) is 21.0. The number of thiophene rings is 1. The van der Waals surface area contributed by atoms with Gasteiger partial charge in [-0.25, -0.2) is 9.97 Å². The number of rotatable bonds is 7. The Morgan fingerprint density at radius 2 is 2.06 bits per heavy atom. The molecule has 34 heavy (non-hydrogen) atoms. The van der Waals surface area contributed by atoms with Crippen molar-refractivity contribution in [1.82, 2.24) is 15.0 Å². The van der Waals surface area contributed by atoms with Crippen molar-refractivity contribution in [1.29, 1.82) is 0 Å². The summed E-state index contributed by atoms with van der Waals surface area (Å²) in [7, 11) is 3.19. The minimum atomic E-state index is -0.221. The number of thioether (sulfide) groups is 1. The van der Waals surface area contributed by atoms with Gasteiger partial charge in [-0.1, -0.05) is 11.8 Å². The largest absolute Gasteiger partial charge is 0.497 e. The van der Waals surface area contributed by atoms with Gasteiger partial charge in [-0.3, -0.25) is 9.59 Å². The van der Waals surface area contributed by atoms with Gasteiger partial charge in [-0.2, -0.15) is 0 Å². The fraction of sp³-hybridized carbons (Fsp3) is 0.304. The quantitative estimate of drug-likeness (QED) is 0.271. The highest BCUT2D eigenvalue weighted by Crippen LogP contribution is 2.36. The highest BCUT2D eigenvalue weighted by molar-refractivity contribution is 7.99. The molecule has 0 saturated heterocycles. The Balaban J connectivity index is 1.26. The van der Waals surface area contributed by atoms with Crippen LogP contribution in [0.3, 0.4) is 0 Å². The number of aromatic nitrogens is 3. The fourth-order valence-corrected chi connectivity index (χ4v) is 6.67. The van der Waals surface area contributed by atoms with Crippen LogP contribution in [0.5, 0.6) is 11.5 Å². The average molecular weight is 515 g/mol. The first-order valence-electron chi connectivity index (χ1n) is 10.7. The molecular formula is C23H22N4O4S3. The number of carbonyl (C=O) groups excluding carboxylic acids is 1. The standard InChI is InChI=1S/C23H22N4O4S3/c1-30-12-7-8-13(16(9-12)31-2)15-10-32-22(24-15)25-18(28)11-33-23-26-20(29)19-14-5-3-4-6-17(14)34-21(19)27-23/h7-10H,3-6,11H2,1-2H3,(H,24,25,28)(H,26,27,29). The van der Waals surface area contributed by atoms with Gasteiger partial charge in [0.15, 0.2) is 10.3 Å². The first-order chi connectivity index (χ1) is 16.6. The van der Waals surface area contributed by atoms with Crippen LogP contribution in [0.4, 0.5) is 5.13 Å². The maximum absolute atomic E-state index is 12.7. The number of ether oxygens (including phenoxy) is 2. The summed E-state index contributed by atoms with van der Waals surface area (Å²) in [5.41, 5.74) is 2.54. The lowest BCUT2D eigenvalue weighted by Gasteiger charge is -2.09. The van der Waals surface area contributed by atoms with Crippen molar-refractivity contribution in [3.05, 3.63) is 44.4 Å². The van der Waals surface area contributed by atoms with Gasteiger partial charge in [0.1, 0.15) is 16.3 Å². The van der Waals surface area contributed by atoms with Crippen molar-refractivity contribution >= 4 is 55.7 Å². The van der Waals surface area contributed by atoms with Crippen molar-refractivity contribution in [2.45, 2.75) is 30.8 Å². The average Bonchev–Trinajstić information content (AvgIpc) is 3.46. The number of aromatic amines is 1. The number of amides is 1. The smallest absolute Gasteiger partial charge is 0.260 e. The Hall–Kier alpha value is -2.89. The zero-order valence-electron chi connectivity index (χ0n) is 18.6. The van der Waals surface area contributed by atoms with Gasteiger partial charge in [0.2, 0.25) is 5.91 Å². The molecule has 5 rings (SSSR count). The molecule has 4 aromatic rings. The molecule has 11 heteroatoms. The molecule has 0 unspecified atom stereocenters. The molecule has 0 radical (unpaired) electrons. The number of nitrogens with one attached hydrogen (secondary N) is 2. The molecule has 3 heterocycles. The summed E-state index contributed by atoms with van der Waals surface area (Å²) in [5.74, 6) is 1.22. The summed E-state index contributed by atoms with van der Waals surface area (Å²) in [4.78, 5) is 39.2. The van der Waals surface area contributed by atoms with Crippen molar-refractivity contribution in [2.24, 2.45) is 0 Å². The zero-order chi connectivity index (χ0) is 23.7. The van der Waals surface area contributed by atoms with Crippen molar-refractivity contribution < 1.29 is 14.3 Å². The van der Waals surface area contributed by atoms with Crippen LogP contribution in [0.15, 0.2) is 33.5 Å². The van der Waals surface area contributed by atoms with Crippen molar-refractivity contribution in [3.63, 3.8) is 0 Å². The number of thiazole rings is 1. The van der Waals surface area contributed by atoms with E-state index in [2.05, 4.69) is 20.3 Å². The Morgan fingerprint density at radius 3 is 2.88 bits per heavy atom. The van der Waals surface area contributed by atoms with E-state index in [-0.39, 0.29) is 17.2 Å². The lowest BCUT2D eigenvalue weighted by Crippen LogP contribution is -2.15. The molecule has 3 aromatic heterocycles. The third kappa shape index (κ3) is 4.55. The minimum Gasteiger partial charge on any atom is -0.497 e. The van der Waals surface area contributed by atoms with E-state index < -0.39 is 0 Å². The SMILES string of the molecule is COc1ccc(-c2csc(NC(=O)CSc3nc4sc5c(c4c(=O)[nH]3)CCCC5)n2)c(OC)c1. The van der Waals surface area contributed by atoms with Gasteiger partial charge < -0.3 is 19.8 Å². The van der Waals surface area contributed by atoms with E-state index in [4.69, 9.17) is 9.47 Å². The summed E-state index contributed by atoms with van der Waals surface area (Å²) in [6, 6.07) is 5.49. The van der Waals surface area contributed by atoms with Crippen LogP contribution >= 0.6 is 34.4 Å². The van der Waals surface area contributed by atoms with Crippen molar-refractivity contribution in [3.8, 4) is 22.8 Å². The van der Waals surface area contributed by atoms with E-state index in [0.29, 0.717) is 27.5 Å². The van der Waals surface area contributed by atoms with E-state index in [0.717, 1.165) is 47.0 Å². The molecule has 0 fully saturated rings. The Kier molecular flexibility index (Phi) is 6.57. The predicted octanol–water partition coefficient (Wildman–Crippen LogP) is 4.73. The van der Waals surface area contributed by atoms with Crippen LogP contribution < -0.4 is 20.3 Å². The summed E-state index contributed by atoms with van der Waals surface area (Å²) in [6.45, 7) is 0. The van der Waals surface area contributed by atoms with Crippen LogP contribution in [0.2, 0.25) is 0 Å². The van der Waals surface area contributed by atoms with Crippen LogP contribution in [0, 0.1) is 0 Å². The Labute approximate surface area is 207 Å². The number of hydrogen-bond acceptors (Lipinski definition) is 9. The van der Waals surface area contributed by atoms with Crippen molar-refractivity contribution in [2.75, 3.05) is 25.3 Å². The monoisotopic (exact) mass is 514 g/mol. The van der Waals surface area contributed by atoms with Crippen LogP contribution in [0.25, 0.3) is 21.5 Å². The normalized spacial score (nSPS) is 13.0. The van der Waals surface area contributed by atoms with Gasteiger partial charge in [0.05, 0.1) is 31.1 Å². The second kappa shape index (κ2) is 9.77. The number of benzene rings is 1. The molecule has 1 amide bonds. The van der Waals surface area contributed by atoms with E-state index in [9.17, 15) is 9.59 Å². The number of fused-ring (bicyclic) bond motifs is 3. The van der Waals surface area contributed by atoms with Gasteiger partial charge >= 0.3 is 0 Å². The van der Waals surface area contributed by atoms with E-state index in [1.165, 1.54) is 28.0 Å². The second-order valence-corrected chi connectivity index (χ2v) is 10.6. The van der Waals surface area contributed by atoms with E-state index >= 15 is 0 Å². The number of hydrogen-bond donors (Lipinski definition) is 2. The number of aryl methyl sites for hydroxylation is 2. The first-order valence-corrected chi connectivity index (χ1v) is 13.4. The maximum atomic E-state index is 12.7. The Morgan fingerprint density at radius 1 is 1.21 bits per heavy atom.